The van der Waals surface area contributed by atoms with E-state index < -0.39 is 0 Å². The number of benzene rings is 1. The van der Waals surface area contributed by atoms with Gasteiger partial charge in [0.25, 0.3) is 0 Å². The van der Waals surface area contributed by atoms with Crippen LogP contribution in [0.3, 0.4) is 0 Å². The van der Waals surface area contributed by atoms with Crippen LogP contribution >= 0.6 is 11.6 Å². The summed E-state index contributed by atoms with van der Waals surface area (Å²) in [6, 6.07) is 7.55. The maximum Gasteiger partial charge on any atom is 0.119 e. The highest BCUT2D eigenvalue weighted by atomic mass is 35.5. The van der Waals surface area contributed by atoms with Crippen molar-refractivity contribution in [3.05, 3.63) is 29.3 Å². The van der Waals surface area contributed by atoms with Gasteiger partial charge in [-0.15, -0.1) is 0 Å². The maximum absolute atomic E-state index is 5.81. The Kier molecular flexibility index (Phi) is 4.69. The van der Waals surface area contributed by atoms with Gasteiger partial charge in [0.15, 0.2) is 0 Å². The smallest absolute Gasteiger partial charge is 0.119 e. The summed E-state index contributed by atoms with van der Waals surface area (Å²) in [6.45, 7) is 6.76. The second kappa shape index (κ2) is 6.27. The first-order valence-electron chi connectivity index (χ1n) is 6.35. The van der Waals surface area contributed by atoms with Gasteiger partial charge in [0.2, 0.25) is 0 Å². The van der Waals surface area contributed by atoms with E-state index in [1.54, 1.807) is 0 Å². The lowest BCUT2D eigenvalue weighted by Gasteiger charge is -2.15. The van der Waals surface area contributed by atoms with Crippen molar-refractivity contribution in [2.75, 3.05) is 26.2 Å². The highest BCUT2D eigenvalue weighted by Gasteiger charge is 2.17. The van der Waals surface area contributed by atoms with Crippen molar-refractivity contribution >= 4 is 11.6 Å². The molecule has 1 saturated heterocycles. The number of hydrogen-bond acceptors (Lipinski definition) is 2. The molecular weight excluding hydrogens is 234 g/mol. The normalized spacial score (nSPS) is 20.7. The quantitative estimate of drug-likeness (QED) is 0.746. The molecule has 1 atom stereocenters. The van der Waals surface area contributed by atoms with Crippen LogP contribution in [-0.4, -0.2) is 31.1 Å². The molecule has 0 spiro atoms. The minimum Gasteiger partial charge on any atom is -0.494 e. The van der Waals surface area contributed by atoms with Crippen LogP contribution in [-0.2, 0) is 0 Å². The molecule has 0 amide bonds. The molecule has 0 N–H and O–H groups in total. The van der Waals surface area contributed by atoms with E-state index in [0.717, 1.165) is 36.3 Å². The van der Waals surface area contributed by atoms with Gasteiger partial charge in [-0.05, 0) is 49.6 Å². The second-order valence-corrected chi connectivity index (χ2v) is 5.29. The van der Waals surface area contributed by atoms with Crippen LogP contribution in [0.1, 0.15) is 19.8 Å². The molecule has 94 valence electrons. The fourth-order valence-corrected chi connectivity index (χ4v) is 2.36. The van der Waals surface area contributed by atoms with Crippen LogP contribution in [0.25, 0.3) is 0 Å². The molecule has 3 heteroatoms. The van der Waals surface area contributed by atoms with Crippen molar-refractivity contribution in [1.82, 2.24) is 4.90 Å². The Morgan fingerprint density at radius 1 is 1.35 bits per heavy atom. The van der Waals surface area contributed by atoms with E-state index in [1.807, 2.05) is 24.3 Å². The molecule has 1 fully saturated rings. The zero-order valence-corrected chi connectivity index (χ0v) is 11.1. The Morgan fingerprint density at radius 2 is 2.12 bits per heavy atom. The first kappa shape index (κ1) is 12.7. The van der Waals surface area contributed by atoms with E-state index in [0.29, 0.717) is 0 Å². The van der Waals surface area contributed by atoms with Crippen LogP contribution < -0.4 is 4.74 Å². The fourth-order valence-electron chi connectivity index (χ4n) is 2.24. The van der Waals surface area contributed by atoms with Gasteiger partial charge in [0.1, 0.15) is 5.75 Å². The molecule has 0 radical (unpaired) electrons. The molecule has 0 saturated carbocycles. The lowest BCUT2D eigenvalue weighted by Crippen LogP contribution is -2.22. The van der Waals surface area contributed by atoms with Crippen molar-refractivity contribution in [2.45, 2.75) is 19.8 Å². The zero-order valence-electron chi connectivity index (χ0n) is 10.4. The molecule has 0 bridgehead atoms. The van der Waals surface area contributed by atoms with Crippen LogP contribution in [0.5, 0.6) is 5.75 Å². The predicted molar refractivity (Wildman–Crippen MR) is 71.8 cm³/mol. The third-order valence-electron chi connectivity index (χ3n) is 3.21. The van der Waals surface area contributed by atoms with Gasteiger partial charge in [0.05, 0.1) is 6.61 Å². The van der Waals surface area contributed by atoms with Crippen LogP contribution in [0.15, 0.2) is 24.3 Å². The molecule has 17 heavy (non-hydrogen) atoms. The molecule has 1 aromatic rings. The molecule has 0 aromatic heterocycles. The van der Waals surface area contributed by atoms with Crippen LogP contribution in [0.2, 0.25) is 5.02 Å². The van der Waals surface area contributed by atoms with Gasteiger partial charge in [-0.2, -0.15) is 0 Å². The van der Waals surface area contributed by atoms with Crippen LogP contribution in [0.4, 0.5) is 0 Å². The van der Waals surface area contributed by atoms with E-state index >= 15 is 0 Å². The van der Waals surface area contributed by atoms with Crippen molar-refractivity contribution < 1.29 is 4.74 Å². The lowest BCUT2D eigenvalue weighted by atomic mass is 10.2. The number of ether oxygens (including phenoxy) is 1. The highest BCUT2D eigenvalue weighted by Crippen LogP contribution is 2.17. The molecule has 1 aliphatic heterocycles. The van der Waals surface area contributed by atoms with E-state index in [2.05, 4.69) is 11.8 Å². The lowest BCUT2D eigenvalue weighted by molar-refractivity contribution is 0.259. The summed E-state index contributed by atoms with van der Waals surface area (Å²) in [5.41, 5.74) is 0. The number of rotatable bonds is 5. The molecule has 1 aromatic carbocycles. The first-order chi connectivity index (χ1) is 8.24. The maximum atomic E-state index is 5.81. The Bertz CT molecular complexity index is 339. The van der Waals surface area contributed by atoms with Crippen molar-refractivity contribution in [3.8, 4) is 5.75 Å². The van der Waals surface area contributed by atoms with Crippen molar-refractivity contribution in [1.29, 1.82) is 0 Å². The Labute approximate surface area is 109 Å². The molecule has 1 aliphatic rings. The summed E-state index contributed by atoms with van der Waals surface area (Å²) in [5, 5.41) is 0.753. The summed E-state index contributed by atoms with van der Waals surface area (Å²) >= 11 is 5.81. The molecule has 1 heterocycles. The highest BCUT2D eigenvalue weighted by molar-refractivity contribution is 6.30. The van der Waals surface area contributed by atoms with E-state index in [-0.39, 0.29) is 0 Å². The number of hydrogen-bond donors (Lipinski definition) is 0. The van der Waals surface area contributed by atoms with E-state index in [1.165, 1.54) is 19.5 Å². The standard InChI is InChI=1S/C14H20ClNO/c1-12-7-9-16(11-12)8-2-10-17-14-5-3-13(15)4-6-14/h3-6,12H,2,7-11H2,1H3. The molecule has 1 unspecified atom stereocenters. The average molecular weight is 254 g/mol. The average Bonchev–Trinajstić information content (AvgIpc) is 2.73. The van der Waals surface area contributed by atoms with Crippen LogP contribution in [0, 0.1) is 5.92 Å². The van der Waals surface area contributed by atoms with Gasteiger partial charge in [-0.25, -0.2) is 0 Å². The topological polar surface area (TPSA) is 12.5 Å². The summed E-state index contributed by atoms with van der Waals surface area (Å²) < 4.78 is 5.66. The van der Waals surface area contributed by atoms with E-state index in [4.69, 9.17) is 16.3 Å². The Balaban J connectivity index is 1.61. The third kappa shape index (κ3) is 4.21. The molecule has 0 aliphatic carbocycles. The number of halogens is 1. The Hall–Kier alpha value is -0.730. The summed E-state index contributed by atoms with van der Waals surface area (Å²) in [4.78, 5) is 2.52. The number of nitrogens with zero attached hydrogens (tertiary/aromatic N) is 1. The molecule has 2 nitrogen and oxygen atoms in total. The second-order valence-electron chi connectivity index (χ2n) is 4.85. The van der Waals surface area contributed by atoms with Gasteiger partial charge in [0, 0.05) is 18.1 Å². The first-order valence-corrected chi connectivity index (χ1v) is 6.72. The third-order valence-corrected chi connectivity index (χ3v) is 3.46. The van der Waals surface area contributed by atoms with Crippen molar-refractivity contribution in [2.24, 2.45) is 5.92 Å². The van der Waals surface area contributed by atoms with Gasteiger partial charge < -0.3 is 9.64 Å². The zero-order chi connectivity index (χ0) is 12.1. The minimum atomic E-state index is 0.753. The summed E-state index contributed by atoms with van der Waals surface area (Å²) in [7, 11) is 0. The monoisotopic (exact) mass is 253 g/mol. The summed E-state index contributed by atoms with van der Waals surface area (Å²) in [6.07, 6.45) is 2.44. The SMILES string of the molecule is CC1CCN(CCCOc2ccc(Cl)cc2)C1. The van der Waals surface area contributed by atoms with Crippen molar-refractivity contribution in [3.63, 3.8) is 0 Å². The summed E-state index contributed by atoms with van der Waals surface area (Å²) in [5.74, 6) is 1.77. The van der Waals surface area contributed by atoms with Gasteiger partial charge in [-0.3, -0.25) is 0 Å². The van der Waals surface area contributed by atoms with E-state index in [9.17, 15) is 0 Å². The fraction of sp³-hybridized carbons (Fsp3) is 0.571. The van der Waals surface area contributed by atoms with Gasteiger partial charge in [-0.1, -0.05) is 18.5 Å². The minimum absolute atomic E-state index is 0.753. The molecule has 2 rings (SSSR count). The predicted octanol–water partition coefficient (Wildman–Crippen LogP) is 3.45. The largest absolute Gasteiger partial charge is 0.494 e. The molecular formula is C14H20ClNO. The Morgan fingerprint density at radius 3 is 2.76 bits per heavy atom. The number of likely N-dealkylation sites (tertiary alicyclic amines) is 1. The van der Waals surface area contributed by atoms with Gasteiger partial charge >= 0.3 is 0 Å².